The van der Waals surface area contributed by atoms with Crippen molar-refractivity contribution in [3.8, 4) is 0 Å². The normalized spacial score (nSPS) is 12.3. The van der Waals surface area contributed by atoms with Crippen molar-refractivity contribution < 1.29 is 13.2 Å². The van der Waals surface area contributed by atoms with Gasteiger partial charge in [-0.3, -0.25) is 9.78 Å². The molecule has 0 unspecified atom stereocenters. The molecule has 30 heavy (non-hydrogen) atoms. The Kier molecular flexibility index (Phi) is 7.32. The molecule has 0 saturated carbocycles. The largest absolute Gasteiger partial charge is 0.352 e. The van der Waals surface area contributed by atoms with Crippen LogP contribution in [0.25, 0.3) is 0 Å². The van der Waals surface area contributed by atoms with E-state index in [4.69, 9.17) is 0 Å². The van der Waals surface area contributed by atoms with E-state index in [0.29, 0.717) is 19.4 Å². The summed E-state index contributed by atoms with van der Waals surface area (Å²) in [5.74, 6) is -0.0612. The number of aryl methyl sites for hydroxylation is 1. The van der Waals surface area contributed by atoms with Crippen LogP contribution in [0.5, 0.6) is 0 Å². The molecule has 0 radical (unpaired) electrons. The molecule has 0 aliphatic carbocycles. The first-order valence-electron chi connectivity index (χ1n) is 9.76. The summed E-state index contributed by atoms with van der Waals surface area (Å²) in [4.78, 5) is 16.3. The van der Waals surface area contributed by atoms with Crippen LogP contribution >= 0.6 is 0 Å². The van der Waals surface area contributed by atoms with Gasteiger partial charge in [0.25, 0.3) is 0 Å². The van der Waals surface area contributed by atoms with Gasteiger partial charge in [0.1, 0.15) is 0 Å². The van der Waals surface area contributed by atoms with Gasteiger partial charge < -0.3 is 5.32 Å². The highest BCUT2D eigenvalue weighted by molar-refractivity contribution is 7.89. The number of carbonyl (C=O) groups excluding carboxylic acids is 1. The molecule has 1 atom stereocenters. The van der Waals surface area contributed by atoms with Crippen LogP contribution < -0.4 is 10.0 Å². The number of nitrogens with one attached hydrogen (secondary N) is 2. The molecule has 2 aromatic carbocycles. The molecule has 0 aliphatic rings. The van der Waals surface area contributed by atoms with Crippen molar-refractivity contribution in [2.24, 2.45) is 0 Å². The number of hydrogen-bond acceptors (Lipinski definition) is 4. The van der Waals surface area contributed by atoms with Crippen molar-refractivity contribution in [1.82, 2.24) is 15.0 Å². The second kappa shape index (κ2) is 10.1. The minimum Gasteiger partial charge on any atom is -0.352 e. The third-order valence-corrected chi connectivity index (χ3v) is 6.27. The molecule has 7 heteroatoms. The van der Waals surface area contributed by atoms with E-state index in [0.717, 1.165) is 16.7 Å². The fraction of sp³-hybridized carbons (Fsp3) is 0.217. The highest BCUT2D eigenvalue weighted by Gasteiger charge is 2.18. The van der Waals surface area contributed by atoms with Crippen LogP contribution in [-0.4, -0.2) is 19.3 Å². The number of nitrogens with zero attached hydrogens (tertiary/aromatic N) is 1. The molecule has 1 amide bonds. The number of pyridine rings is 1. The van der Waals surface area contributed by atoms with Crippen molar-refractivity contribution in [2.45, 2.75) is 37.2 Å². The third kappa shape index (κ3) is 6.23. The first-order valence-corrected chi connectivity index (χ1v) is 11.2. The number of carbonyl (C=O) groups is 1. The van der Waals surface area contributed by atoms with Crippen LogP contribution in [0.1, 0.15) is 36.1 Å². The molecular formula is C23H25N3O3S. The van der Waals surface area contributed by atoms with E-state index in [-0.39, 0.29) is 16.8 Å². The van der Waals surface area contributed by atoms with Crippen molar-refractivity contribution in [2.75, 3.05) is 0 Å². The smallest absolute Gasteiger partial charge is 0.241 e. The molecule has 0 spiro atoms. The second-order valence-corrected chi connectivity index (χ2v) is 8.75. The quantitative estimate of drug-likeness (QED) is 0.552. The average molecular weight is 424 g/mol. The molecule has 3 rings (SSSR count). The average Bonchev–Trinajstić information content (AvgIpc) is 2.77. The molecule has 6 nitrogen and oxygen atoms in total. The zero-order valence-electron chi connectivity index (χ0n) is 16.8. The second-order valence-electron chi connectivity index (χ2n) is 7.04. The minimum atomic E-state index is -3.63. The third-order valence-electron chi connectivity index (χ3n) is 4.72. The van der Waals surface area contributed by atoms with E-state index in [9.17, 15) is 13.2 Å². The van der Waals surface area contributed by atoms with Gasteiger partial charge in [0.15, 0.2) is 0 Å². The molecular weight excluding hydrogens is 398 g/mol. The van der Waals surface area contributed by atoms with Gasteiger partial charge in [-0.25, -0.2) is 13.1 Å². The number of hydrogen-bond donors (Lipinski definition) is 2. The summed E-state index contributed by atoms with van der Waals surface area (Å²) in [5, 5.41) is 2.86. The number of amides is 1. The molecule has 2 N–H and O–H groups in total. The summed E-state index contributed by atoms with van der Waals surface area (Å²) in [6.45, 7) is 2.25. The van der Waals surface area contributed by atoms with Gasteiger partial charge >= 0.3 is 0 Å². The molecule has 156 valence electrons. The van der Waals surface area contributed by atoms with E-state index in [2.05, 4.69) is 15.0 Å². The summed E-state index contributed by atoms with van der Waals surface area (Å²) in [6.07, 6.45) is 4.27. The highest BCUT2D eigenvalue weighted by Crippen LogP contribution is 2.17. The van der Waals surface area contributed by atoms with Gasteiger partial charge in [-0.1, -0.05) is 48.5 Å². The summed E-state index contributed by atoms with van der Waals surface area (Å²) in [7, 11) is -3.63. The fourth-order valence-corrected chi connectivity index (χ4v) is 4.23. The first kappa shape index (κ1) is 21.7. The number of sulfonamides is 1. The van der Waals surface area contributed by atoms with Crippen molar-refractivity contribution in [1.29, 1.82) is 0 Å². The Bertz CT molecular complexity index is 1050. The highest BCUT2D eigenvalue weighted by atomic mass is 32.2. The lowest BCUT2D eigenvalue weighted by Gasteiger charge is -2.15. The lowest BCUT2D eigenvalue weighted by atomic mass is 10.1. The van der Waals surface area contributed by atoms with Crippen LogP contribution in [0.2, 0.25) is 0 Å². The van der Waals surface area contributed by atoms with Crippen molar-refractivity contribution in [3.05, 3.63) is 95.8 Å². The summed E-state index contributed by atoms with van der Waals surface area (Å²) >= 11 is 0. The SMILES string of the molecule is C[C@@H](NS(=O)(=O)c1ccc(CCC(=O)NCc2cccnc2)cc1)c1ccccc1. The van der Waals surface area contributed by atoms with Gasteiger partial charge in [-0.15, -0.1) is 0 Å². The summed E-state index contributed by atoms with van der Waals surface area (Å²) in [5.41, 5.74) is 2.74. The maximum Gasteiger partial charge on any atom is 0.241 e. The van der Waals surface area contributed by atoms with E-state index in [1.165, 1.54) is 0 Å². The molecule has 0 fully saturated rings. The van der Waals surface area contributed by atoms with Gasteiger partial charge in [-0.2, -0.15) is 0 Å². The lowest BCUT2D eigenvalue weighted by molar-refractivity contribution is -0.121. The first-order chi connectivity index (χ1) is 14.4. The predicted octanol–water partition coefficient (Wildman–Crippen LogP) is 3.37. The lowest BCUT2D eigenvalue weighted by Crippen LogP contribution is -2.26. The molecule has 3 aromatic rings. The van der Waals surface area contributed by atoms with Crippen LogP contribution in [-0.2, 0) is 27.8 Å². The van der Waals surface area contributed by atoms with Gasteiger partial charge in [0.05, 0.1) is 4.90 Å². The van der Waals surface area contributed by atoms with E-state index in [1.54, 1.807) is 36.7 Å². The van der Waals surface area contributed by atoms with Crippen molar-refractivity contribution in [3.63, 3.8) is 0 Å². The Hall–Kier alpha value is -3.03. The standard InChI is InChI=1S/C23H25N3O3S/c1-18(21-7-3-2-4-8-21)26-30(28,29)22-12-9-19(10-13-22)11-14-23(27)25-17-20-6-5-15-24-16-20/h2-10,12-13,15-16,18,26H,11,14,17H2,1H3,(H,25,27)/t18-/m1/s1. The summed E-state index contributed by atoms with van der Waals surface area (Å²) < 4.78 is 28.0. The van der Waals surface area contributed by atoms with Crippen LogP contribution in [0.4, 0.5) is 0 Å². The van der Waals surface area contributed by atoms with Crippen LogP contribution in [0.3, 0.4) is 0 Å². The fourth-order valence-electron chi connectivity index (χ4n) is 3.00. The monoisotopic (exact) mass is 423 g/mol. The zero-order valence-corrected chi connectivity index (χ0v) is 17.6. The van der Waals surface area contributed by atoms with E-state index in [1.807, 2.05) is 49.4 Å². The van der Waals surface area contributed by atoms with E-state index >= 15 is 0 Å². The Morgan fingerprint density at radius 1 is 0.967 bits per heavy atom. The molecule has 0 bridgehead atoms. The topological polar surface area (TPSA) is 88.2 Å². The number of rotatable bonds is 9. The van der Waals surface area contributed by atoms with E-state index < -0.39 is 10.0 Å². The Balaban J connectivity index is 1.52. The Morgan fingerprint density at radius 3 is 2.37 bits per heavy atom. The summed E-state index contributed by atoms with van der Waals surface area (Å²) in [6, 6.07) is 19.4. The zero-order chi connectivity index (χ0) is 21.4. The van der Waals surface area contributed by atoms with Crippen LogP contribution in [0.15, 0.2) is 84.0 Å². The Morgan fingerprint density at radius 2 is 1.70 bits per heavy atom. The van der Waals surface area contributed by atoms with Crippen LogP contribution in [0, 0.1) is 0 Å². The van der Waals surface area contributed by atoms with Gasteiger partial charge in [0.2, 0.25) is 15.9 Å². The Labute approximate surface area is 177 Å². The number of aromatic nitrogens is 1. The maximum atomic E-state index is 12.6. The predicted molar refractivity (Wildman–Crippen MR) is 116 cm³/mol. The van der Waals surface area contributed by atoms with Gasteiger partial charge in [-0.05, 0) is 48.2 Å². The van der Waals surface area contributed by atoms with Gasteiger partial charge in [0, 0.05) is 31.4 Å². The molecule has 0 aliphatic heterocycles. The molecule has 1 aromatic heterocycles. The maximum absolute atomic E-state index is 12.6. The molecule has 0 saturated heterocycles. The minimum absolute atomic E-state index is 0.0612. The number of benzene rings is 2. The van der Waals surface area contributed by atoms with Crippen molar-refractivity contribution >= 4 is 15.9 Å². The molecule has 1 heterocycles.